The second-order valence-corrected chi connectivity index (χ2v) is 5.20. The van der Waals surface area contributed by atoms with Crippen LogP contribution in [0.4, 0.5) is 4.39 Å². The third-order valence-electron chi connectivity index (χ3n) is 3.58. The molecule has 0 aromatic rings. The van der Waals surface area contributed by atoms with Gasteiger partial charge in [-0.05, 0) is 13.8 Å². The van der Waals surface area contributed by atoms with Gasteiger partial charge in [0.2, 0.25) is 0 Å². The molecule has 0 unspecified atom stereocenters. The van der Waals surface area contributed by atoms with Crippen molar-refractivity contribution in [1.29, 1.82) is 0 Å². The Kier molecular flexibility index (Phi) is 4.16. The van der Waals surface area contributed by atoms with Crippen molar-refractivity contribution in [3.8, 4) is 0 Å². The van der Waals surface area contributed by atoms with Gasteiger partial charge < -0.3 is 9.47 Å². The minimum atomic E-state index is -0.226. The molecule has 2 rings (SSSR count). The van der Waals surface area contributed by atoms with Crippen LogP contribution in [0.1, 0.15) is 13.8 Å². The van der Waals surface area contributed by atoms with Crippen molar-refractivity contribution >= 4 is 0 Å². The first kappa shape index (κ1) is 12.3. The van der Waals surface area contributed by atoms with Crippen LogP contribution < -0.4 is 0 Å². The van der Waals surface area contributed by atoms with E-state index in [4.69, 9.17) is 9.47 Å². The van der Waals surface area contributed by atoms with E-state index < -0.39 is 0 Å². The van der Waals surface area contributed by atoms with Crippen LogP contribution in [0.2, 0.25) is 0 Å². The molecule has 16 heavy (non-hydrogen) atoms. The summed E-state index contributed by atoms with van der Waals surface area (Å²) in [5.41, 5.74) is 0. The largest absolute Gasteiger partial charge is 0.378 e. The molecule has 0 aromatic carbocycles. The summed E-state index contributed by atoms with van der Waals surface area (Å²) >= 11 is 0. The van der Waals surface area contributed by atoms with Gasteiger partial charge in [-0.3, -0.25) is 9.29 Å². The van der Waals surface area contributed by atoms with Crippen LogP contribution in [0.15, 0.2) is 0 Å². The van der Waals surface area contributed by atoms with Gasteiger partial charge in [0.15, 0.2) is 0 Å². The van der Waals surface area contributed by atoms with E-state index in [1.54, 1.807) is 0 Å². The molecule has 2 atom stereocenters. The topological polar surface area (TPSA) is 21.7 Å². The first-order valence-electron chi connectivity index (χ1n) is 6.20. The lowest BCUT2D eigenvalue weighted by Crippen LogP contribution is -2.48. The van der Waals surface area contributed by atoms with Gasteiger partial charge in [0, 0.05) is 24.9 Å². The van der Waals surface area contributed by atoms with Crippen LogP contribution in [0.5, 0.6) is 0 Å². The standard InChI is InChI=1S/C12H22FNO2/c1-9(2)16-6-11-5-14(4-10(11)3-13)12-7-15-8-12/h9-12H,3-8H2,1-2H3/t10-,11+/m0/s1. The second kappa shape index (κ2) is 5.43. The summed E-state index contributed by atoms with van der Waals surface area (Å²) in [5, 5.41) is 0. The van der Waals surface area contributed by atoms with E-state index in [-0.39, 0.29) is 18.7 Å². The summed E-state index contributed by atoms with van der Waals surface area (Å²) in [7, 11) is 0. The van der Waals surface area contributed by atoms with Crippen LogP contribution in [0, 0.1) is 11.8 Å². The van der Waals surface area contributed by atoms with Gasteiger partial charge in [0.1, 0.15) is 0 Å². The van der Waals surface area contributed by atoms with Gasteiger partial charge in [-0.1, -0.05) is 0 Å². The van der Waals surface area contributed by atoms with Crippen molar-refractivity contribution in [2.45, 2.75) is 26.0 Å². The van der Waals surface area contributed by atoms with Gasteiger partial charge in [0.25, 0.3) is 0 Å². The molecule has 4 heteroatoms. The van der Waals surface area contributed by atoms with E-state index in [0.717, 1.165) is 26.3 Å². The van der Waals surface area contributed by atoms with Crippen LogP contribution >= 0.6 is 0 Å². The van der Waals surface area contributed by atoms with E-state index in [0.29, 0.717) is 18.6 Å². The maximum absolute atomic E-state index is 12.9. The Labute approximate surface area is 96.9 Å². The Hall–Kier alpha value is -0.190. The molecule has 2 aliphatic heterocycles. The molecular weight excluding hydrogens is 209 g/mol. The van der Waals surface area contributed by atoms with Gasteiger partial charge in [-0.25, -0.2) is 0 Å². The fourth-order valence-corrected chi connectivity index (χ4v) is 2.39. The van der Waals surface area contributed by atoms with E-state index in [1.165, 1.54) is 0 Å². The molecule has 0 bridgehead atoms. The highest BCUT2D eigenvalue weighted by molar-refractivity contribution is 4.89. The normalized spacial score (nSPS) is 32.2. The van der Waals surface area contributed by atoms with Crippen LogP contribution in [-0.4, -0.2) is 56.6 Å². The second-order valence-electron chi connectivity index (χ2n) is 5.20. The number of hydrogen-bond acceptors (Lipinski definition) is 3. The molecule has 0 aliphatic carbocycles. The smallest absolute Gasteiger partial charge is 0.0938 e. The molecule has 2 heterocycles. The predicted octanol–water partition coefficient (Wildman–Crippen LogP) is 1.33. The first-order chi connectivity index (χ1) is 7.70. The molecule has 3 nitrogen and oxygen atoms in total. The maximum atomic E-state index is 12.9. The van der Waals surface area contributed by atoms with E-state index in [1.807, 2.05) is 13.8 Å². The Morgan fingerprint density at radius 1 is 1.31 bits per heavy atom. The van der Waals surface area contributed by atoms with Crippen molar-refractivity contribution in [2.75, 3.05) is 39.6 Å². The van der Waals surface area contributed by atoms with Crippen molar-refractivity contribution in [2.24, 2.45) is 11.8 Å². The minimum Gasteiger partial charge on any atom is -0.378 e. The highest BCUT2D eigenvalue weighted by Crippen LogP contribution is 2.28. The summed E-state index contributed by atoms with van der Waals surface area (Å²) in [6.45, 7) is 7.99. The first-order valence-corrected chi connectivity index (χ1v) is 6.20. The van der Waals surface area contributed by atoms with Gasteiger partial charge in [0.05, 0.1) is 38.6 Å². The number of nitrogens with zero attached hydrogens (tertiary/aromatic N) is 1. The Balaban J connectivity index is 1.81. The number of halogens is 1. The zero-order valence-electron chi connectivity index (χ0n) is 10.2. The maximum Gasteiger partial charge on any atom is 0.0938 e. The Morgan fingerprint density at radius 2 is 2.00 bits per heavy atom. The van der Waals surface area contributed by atoms with E-state index >= 15 is 0 Å². The highest BCUT2D eigenvalue weighted by atomic mass is 19.1. The van der Waals surface area contributed by atoms with Crippen LogP contribution in [-0.2, 0) is 9.47 Å². The fraction of sp³-hybridized carbons (Fsp3) is 1.00. The molecule has 0 radical (unpaired) electrons. The number of hydrogen-bond donors (Lipinski definition) is 0. The molecule has 2 aliphatic rings. The van der Waals surface area contributed by atoms with Gasteiger partial charge in [-0.15, -0.1) is 0 Å². The number of rotatable bonds is 5. The molecule has 2 saturated heterocycles. The summed E-state index contributed by atoms with van der Waals surface area (Å²) in [5.74, 6) is 0.507. The highest BCUT2D eigenvalue weighted by Gasteiger charge is 2.38. The SMILES string of the molecule is CC(C)OC[C@H]1CN(C2COC2)C[C@@H]1CF. The summed E-state index contributed by atoms with van der Waals surface area (Å²) < 4.78 is 23.7. The quantitative estimate of drug-likeness (QED) is 0.712. The lowest BCUT2D eigenvalue weighted by molar-refractivity contribution is -0.0600. The molecule has 2 fully saturated rings. The minimum absolute atomic E-state index is 0.152. The third kappa shape index (κ3) is 2.73. The summed E-state index contributed by atoms with van der Waals surface area (Å²) in [6, 6.07) is 0.526. The third-order valence-corrected chi connectivity index (χ3v) is 3.58. The van der Waals surface area contributed by atoms with Crippen LogP contribution in [0.25, 0.3) is 0 Å². The molecule has 0 aromatic heterocycles. The molecule has 0 saturated carbocycles. The molecule has 0 N–H and O–H groups in total. The number of alkyl halides is 1. The summed E-state index contributed by atoms with van der Waals surface area (Å²) in [6.07, 6.45) is 0.237. The Morgan fingerprint density at radius 3 is 2.50 bits per heavy atom. The van der Waals surface area contributed by atoms with Crippen molar-refractivity contribution in [1.82, 2.24) is 4.90 Å². The fourth-order valence-electron chi connectivity index (χ4n) is 2.39. The van der Waals surface area contributed by atoms with Gasteiger partial charge in [-0.2, -0.15) is 0 Å². The summed E-state index contributed by atoms with van der Waals surface area (Å²) in [4.78, 5) is 2.36. The average Bonchev–Trinajstić information content (AvgIpc) is 2.55. The zero-order valence-corrected chi connectivity index (χ0v) is 10.2. The van der Waals surface area contributed by atoms with Crippen molar-refractivity contribution < 1.29 is 13.9 Å². The Bertz CT molecular complexity index is 221. The molecule has 0 amide bonds. The molecule has 0 spiro atoms. The van der Waals surface area contributed by atoms with E-state index in [2.05, 4.69) is 4.90 Å². The van der Waals surface area contributed by atoms with Crippen LogP contribution in [0.3, 0.4) is 0 Å². The monoisotopic (exact) mass is 231 g/mol. The average molecular weight is 231 g/mol. The number of likely N-dealkylation sites (tertiary alicyclic amines) is 1. The van der Waals surface area contributed by atoms with Crippen molar-refractivity contribution in [3.63, 3.8) is 0 Å². The predicted molar refractivity (Wildman–Crippen MR) is 60.2 cm³/mol. The van der Waals surface area contributed by atoms with E-state index in [9.17, 15) is 4.39 Å². The van der Waals surface area contributed by atoms with Gasteiger partial charge >= 0.3 is 0 Å². The van der Waals surface area contributed by atoms with Crippen molar-refractivity contribution in [3.05, 3.63) is 0 Å². The molecular formula is C12H22FNO2. The lowest BCUT2D eigenvalue weighted by Gasteiger charge is -2.34. The lowest BCUT2D eigenvalue weighted by atomic mass is 9.98. The molecule has 94 valence electrons. The zero-order chi connectivity index (χ0) is 11.5. The number of ether oxygens (including phenoxy) is 2.